The Morgan fingerprint density at radius 2 is 2.19 bits per heavy atom. The van der Waals surface area contributed by atoms with Crippen LogP contribution in [-0.4, -0.2) is 32.7 Å². The van der Waals surface area contributed by atoms with Crippen LogP contribution in [0.2, 0.25) is 0 Å². The molecule has 1 amide bonds. The van der Waals surface area contributed by atoms with E-state index in [1.165, 1.54) is 25.4 Å². The van der Waals surface area contributed by atoms with Crippen molar-refractivity contribution in [1.82, 2.24) is 15.5 Å². The standard InChI is InChI=1S/C10H13N3O3/c1-3-10(2,9(15)16)13-8(14)7-4-5-11-12-6-7/h4-6H,3H2,1-2H3,(H,13,14)(H,15,16). The molecule has 2 N–H and O–H groups in total. The Balaban J connectivity index is 2.82. The van der Waals surface area contributed by atoms with Crippen molar-refractivity contribution in [1.29, 1.82) is 0 Å². The lowest BCUT2D eigenvalue weighted by Gasteiger charge is -2.24. The molecule has 0 saturated carbocycles. The molecule has 0 radical (unpaired) electrons. The fourth-order valence-electron chi connectivity index (χ4n) is 1.04. The second-order valence-corrected chi connectivity index (χ2v) is 3.58. The van der Waals surface area contributed by atoms with Crippen molar-refractivity contribution < 1.29 is 14.7 Å². The molecule has 0 aliphatic carbocycles. The first-order chi connectivity index (χ1) is 7.49. The van der Waals surface area contributed by atoms with Crippen LogP contribution in [0.25, 0.3) is 0 Å². The van der Waals surface area contributed by atoms with Gasteiger partial charge in [0.25, 0.3) is 5.91 Å². The van der Waals surface area contributed by atoms with Gasteiger partial charge in [-0.15, -0.1) is 0 Å². The maximum absolute atomic E-state index is 11.7. The average molecular weight is 223 g/mol. The molecule has 1 aromatic rings. The van der Waals surface area contributed by atoms with Crippen molar-refractivity contribution in [3.8, 4) is 0 Å². The van der Waals surface area contributed by atoms with E-state index < -0.39 is 17.4 Å². The third-order valence-corrected chi connectivity index (χ3v) is 2.41. The molecule has 1 heterocycles. The molecular weight excluding hydrogens is 210 g/mol. The summed E-state index contributed by atoms with van der Waals surface area (Å²) >= 11 is 0. The van der Waals surface area contributed by atoms with E-state index in [1.54, 1.807) is 6.92 Å². The lowest BCUT2D eigenvalue weighted by Crippen LogP contribution is -2.51. The maximum Gasteiger partial charge on any atom is 0.329 e. The van der Waals surface area contributed by atoms with Crippen molar-refractivity contribution in [3.63, 3.8) is 0 Å². The molecule has 0 bridgehead atoms. The summed E-state index contributed by atoms with van der Waals surface area (Å²) in [6.45, 7) is 3.15. The Morgan fingerprint density at radius 1 is 1.50 bits per heavy atom. The minimum atomic E-state index is -1.26. The van der Waals surface area contributed by atoms with E-state index in [9.17, 15) is 9.59 Å². The van der Waals surface area contributed by atoms with Crippen LogP contribution in [0.1, 0.15) is 30.6 Å². The van der Waals surface area contributed by atoms with E-state index >= 15 is 0 Å². The highest BCUT2D eigenvalue weighted by atomic mass is 16.4. The fourth-order valence-corrected chi connectivity index (χ4v) is 1.04. The fraction of sp³-hybridized carbons (Fsp3) is 0.400. The van der Waals surface area contributed by atoms with E-state index in [2.05, 4.69) is 15.5 Å². The third-order valence-electron chi connectivity index (χ3n) is 2.41. The summed E-state index contributed by atoms with van der Waals surface area (Å²) in [7, 11) is 0. The van der Waals surface area contributed by atoms with Gasteiger partial charge < -0.3 is 10.4 Å². The first-order valence-corrected chi connectivity index (χ1v) is 4.82. The second kappa shape index (κ2) is 4.69. The Morgan fingerprint density at radius 3 is 2.62 bits per heavy atom. The number of hydrogen-bond donors (Lipinski definition) is 2. The Kier molecular flexibility index (Phi) is 3.55. The Bertz CT molecular complexity index is 394. The number of carboxylic acids is 1. The van der Waals surface area contributed by atoms with Gasteiger partial charge in [-0.05, 0) is 19.4 Å². The summed E-state index contributed by atoms with van der Waals surface area (Å²) in [5.41, 5.74) is -0.976. The maximum atomic E-state index is 11.7. The minimum Gasteiger partial charge on any atom is -0.480 e. The monoisotopic (exact) mass is 223 g/mol. The molecule has 0 aliphatic heterocycles. The molecule has 0 spiro atoms. The van der Waals surface area contributed by atoms with Crippen LogP contribution in [0.3, 0.4) is 0 Å². The predicted octanol–water partition coefficient (Wildman–Crippen LogP) is 0.460. The largest absolute Gasteiger partial charge is 0.480 e. The number of amides is 1. The highest BCUT2D eigenvalue weighted by molar-refractivity contribution is 5.97. The SMILES string of the molecule is CCC(C)(NC(=O)c1ccnnc1)C(=O)O. The summed E-state index contributed by atoms with van der Waals surface area (Å²) in [4.78, 5) is 22.7. The van der Waals surface area contributed by atoms with Crippen LogP contribution >= 0.6 is 0 Å². The molecule has 1 unspecified atom stereocenters. The van der Waals surface area contributed by atoms with Gasteiger partial charge in [0.2, 0.25) is 0 Å². The molecule has 0 fully saturated rings. The van der Waals surface area contributed by atoms with Gasteiger partial charge in [-0.2, -0.15) is 10.2 Å². The van der Waals surface area contributed by atoms with E-state index in [-0.39, 0.29) is 5.56 Å². The lowest BCUT2D eigenvalue weighted by atomic mass is 9.99. The molecule has 0 saturated heterocycles. The van der Waals surface area contributed by atoms with Crippen LogP contribution < -0.4 is 5.32 Å². The number of aromatic nitrogens is 2. The van der Waals surface area contributed by atoms with Gasteiger partial charge in [0.1, 0.15) is 5.54 Å². The molecule has 0 aliphatic rings. The van der Waals surface area contributed by atoms with Gasteiger partial charge in [0, 0.05) is 0 Å². The summed E-state index contributed by atoms with van der Waals surface area (Å²) in [5, 5.41) is 18.5. The van der Waals surface area contributed by atoms with Crippen LogP contribution in [0.5, 0.6) is 0 Å². The first-order valence-electron chi connectivity index (χ1n) is 4.82. The molecule has 1 atom stereocenters. The summed E-state index contributed by atoms with van der Waals surface area (Å²) in [6, 6.07) is 1.47. The number of rotatable bonds is 4. The summed E-state index contributed by atoms with van der Waals surface area (Å²) < 4.78 is 0. The zero-order valence-electron chi connectivity index (χ0n) is 9.10. The van der Waals surface area contributed by atoms with E-state index in [0.717, 1.165) is 0 Å². The molecular formula is C10H13N3O3. The van der Waals surface area contributed by atoms with Crippen molar-refractivity contribution in [2.75, 3.05) is 0 Å². The Labute approximate surface area is 92.7 Å². The number of carbonyl (C=O) groups excluding carboxylic acids is 1. The smallest absolute Gasteiger partial charge is 0.329 e. The number of hydrogen-bond acceptors (Lipinski definition) is 4. The van der Waals surface area contributed by atoms with Crippen molar-refractivity contribution >= 4 is 11.9 Å². The molecule has 1 aromatic heterocycles. The number of carbonyl (C=O) groups is 2. The van der Waals surface area contributed by atoms with Gasteiger partial charge in [-0.1, -0.05) is 6.92 Å². The lowest BCUT2D eigenvalue weighted by molar-refractivity contribution is -0.143. The van der Waals surface area contributed by atoms with Gasteiger partial charge in [-0.3, -0.25) is 4.79 Å². The van der Waals surface area contributed by atoms with E-state index in [0.29, 0.717) is 6.42 Å². The molecule has 86 valence electrons. The molecule has 16 heavy (non-hydrogen) atoms. The number of nitrogens with zero attached hydrogens (tertiary/aromatic N) is 2. The number of carboxylic acid groups (broad SMARTS) is 1. The quantitative estimate of drug-likeness (QED) is 0.773. The number of aliphatic carboxylic acids is 1. The van der Waals surface area contributed by atoms with Gasteiger partial charge in [0.05, 0.1) is 18.0 Å². The molecule has 6 heteroatoms. The summed E-state index contributed by atoms with van der Waals surface area (Å²) in [5.74, 6) is -1.54. The van der Waals surface area contributed by atoms with Gasteiger partial charge in [0.15, 0.2) is 0 Å². The molecule has 6 nitrogen and oxygen atoms in total. The minimum absolute atomic E-state index is 0.288. The number of nitrogens with one attached hydrogen (secondary N) is 1. The van der Waals surface area contributed by atoms with Crippen molar-refractivity contribution in [2.45, 2.75) is 25.8 Å². The van der Waals surface area contributed by atoms with Gasteiger partial charge in [-0.25, -0.2) is 4.79 Å². The topological polar surface area (TPSA) is 92.2 Å². The molecule has 1 rings (SSSR count). The third kappa shape index (κ3) is 2.53. The molecule has 0 aromatic carbocycles. The van der Waals surface area contributed by atoms with Crippen LogP contribution in [0, 0.1) is 0 Å². The van der Waals surface area contributed by atoms with Gasteiger partial charge >= 0.3 is 5.97 Å². The highest BCUT2D eigenvalue weighted by Gasteiger charge is 2.32. The van der Waals surface area contributed by atoms with E-state index in [1.807, 2.05) is 0 Å². The summed E-state index contributed by atoms with van der Waals surface area (Å²) in [6.07, 6.45) is 2.96. The normalized spacial score (nSPS) is 13.9. The van der Waals surface area contributed by atoms with Crippen LogP contribution in [0.4, 0.5) is 0 Å². The zero-order chi connectivity index (χ0) is 12.2. The Hall–Kier alpha value is -1.98. The van der Waals surface area contributed by atoms with Crippen LogP contribution in [0.15, 0.2) is 18.5 Å². The van der Waals surface area contributed by atoms with Crippen LogP contribution in [-0.2, 0) is 4.79 Å². The predicted molar refractivity (Wildman–Crippen MR) is 55.8 cm³/mol. The van der Waals surface area contributed by atoms with E-state index in [4.69, 9.17) is 5.11 Å². The zero-order valence-corrected chi connectivity index (χ0v) is 9.10. The average Bonchev–Trinajstić information content (AvgIpc) is 2.29. The van der Waals surface area contributed by atoms with Crippen molar-refractivity contribution in [2.24, 2.45) is 0 Å². The first kappa shape index (κ1) is 12.1. The van der Waals surface area contributed by atoms with Crippen molar-refractivity contribution in [3.05, 3.63) is 24.0 Å². The second-order valence-electron chi connectivity index (χ2n) is 3.58. The highest BCUT2D eigenvalue weighted by Crippen LogP contribution is 2.10.